The molecule has 1 rings (SSSR count). The predicted molar refractivity (Wildman–Crippen MR) is 94.3 cm³/mol. The smallest absolute Gasteiger partial charge is 0.409 e. The van der Waals surface area contributed by atoms with Gasteiger partial charge in [-0.2, -0.15) is 18.3 Å². The molecule has 0 spiro atoms. The molecule has 1 aromatic carbocycles. The second kappa shape index (κ2) is 10.7. The number of anilines is 1. The van der Waals surface area contributed by atoms with Gasteiger partial charge in [0.1, 0.15) is 12.4 Å². The van der Waals surface area contributed by atoms with Crippen molar-refractivity contribution in [2.45, 2.75) is 25.6 Å². The largest absolute Gasteiger partial charge is 0.466 e. The van der Waals surface area contributed by atoms with Crippen LogP contribution in [0.5, 0.6) is 0 Å². The summed E-state index contributed by atoms with van der Waals surface area (Å²) in [4.78, 5) is 35.1. The lowest BCUT2D eigenvalue weighted by atomic mass is 10.2. The SMILES string of the molecule is CCOC(=O)CC(NC(=O)CNC(=O)c1cccc(NC=NN)c1)C(F)(F)F. The van der Waals surface area contributed by atoms with E-state index in [1.54, 1.807) is 17.4 Å². The highest BCUT2D eigenvalue weighted by molar-refractivity contribution is 5.97. The fourth-order valence-electron chi connectivity index (χ4n) is 2.01. The molecule has 0 aliphatic heterocycles. The number of ether oxygens (including phenoxy) is 1. The molecule has 0 aliphatic rings. The molecule has 0 saturated carbocycles. The highest BCUT2D eigenvalue weighted by atomic mass is 19.4. The van der Waals surface area contributed by atoms with Gasteiger partial charge in [-0.15, -0.1) is 0 Å². The Hall–Kier alpha value is -3.31. The molecule has 2 amide bonds. The summed E-state index contributed by atoms with van der Waals surface area (Å²) in [6.45, 7) is 0.649. The maximum Gasteiger partial charge on any atom is 0.409 e. The van der Waals surface area contributed by atoms with Crippen LogP contribution in [0, 0.1) is 0 Å². The van der Waals surface area contributed by atoms with E-state index in [-0.39, 0.29) is 12.2 Å². The number of halogens is 3. The molecule has 0 aliphatic carbocycles. The van der Waals surface area contributed by atoms with Crippen molar-refractivity contribution in [3.05, 3.63) is 29.8 Å². The lowest BCUT2D eigenvalue weighted by Crippen LogP contribution is -2.49. The van der Waals surface area contributed by atoms with Gasteiger partial charge in [0.05, 0.1) is 19.6 Å². The van der Waals surface area contributed by atoms with E-state index in [1.807, 2.05) is 0 Å². The van der Waals surface area contributed by atoms with Crippen molar-refractivity contribution in [1.29, 1.82) is 0 Å². The number of rotatable bonds is 9. The Morgan fingerprint density at radius 1 is 1.32 bits per heavy atom. The molecule has 0 aromatic heterocycles. The number of alkyl halides is 3. The van der Waals surface area contributed by atoms with E-state index in [4.69, 9.17) is 5.84 Å². The molecule has 154 valence electrons. The van der Waals surface area contributed by atoms with Crippen molar-refractivity contribution < 1.29 is 32.3 Å². The summed E-state index contributed by atoms with van der Waals surface area (Å²) in [5.74, 6) is 2.06. The van der Waals surface area contributed by atoms with Crippen molar-refractivity contribution in [2.75, 3.05) is 18.5 Å². The number of nitrogens with one attached hydrogen (secondary N) is 3. The number of esters is 1. The monoisotopic (exact) mass is 403 g/mol. The molecular formula is C16H20F3N5O4. The van der Waals surface area contributed by atoms with Crippen LogP contribution in [0.15, 0.2) is 29.4 Å². The number of hydrogen-bond donors (Lipinski definition) is 4. The summed E-state index contributed by atoms with van der Waals surface area (Å²) in [5.41, 5.74) is 0.639. The van der Waals surface area contributed by atoms with Crippen molar-refractivity contribution >= 4 is 29.8 Å². The van der Waals surface area contributed by atoms with Crippen LogP contribution >= 0.6 is 0 Å². The zero-order chi connectivity index (χ0) is 21.2. The van der Waals surface area contributed by atoms with Crippen LogP contribution in [0.3, 0.4) is 0 Å². The first-order chi connectivity index (χ1) is 13.2. The van der Waals surface area contributed by atoms with Crippen molar-refractivity contribution in [3.63, 3.8) is 0 Å². The first-order valence-corrected chi connectivity index (χ1v) is 8.05. The highest BCUT2D eigenvalue weighted by Crippen LogP contribution is 2.22. The average molecular weight is 403 g/mol. The molecule has 0 heterocycles. The second-order valence-corrected chi connectivity index (χ2v) is 5.36. The zero-order valence-corrected chi connectivity index (χ0v) is 14.9. The third kappa shape index (κ3) is 7.93. The molecule has 0 saturated heterocycles. The maximum absolute atomic E-state index is 13.0. The van der Waals surface area contributed by atoms with Crippen molar-refractivity contribution in [1.82, 2.24) is 10.6 Å². The van der Waals surface area contributed by atoms with Gasteiger partial charge >= 0.3 is 12.1 Å². The molecule has 1 atom stereocenters. The lowest BCUT2D eigenvalue weighted by molar-refractivity contribution is -0.172. The molecule has 9 nitrogen and oxygen atoms in total. The summed E-state index contributed by atoms with van der Waals surface area (Å²) in [6, 6.07) is 3.61. The van der Waals surface area contributed by atoms with Gasteiger partial charge in [0.2, 0.25) is 5.91 Å². The fraction of sp³-hybridized carbons (Fsp3) is 0.375. The maximum atomic E-state index is 13.0. The highest BCUT2D eigenvalue weighted by Gasteiger charge is 2.42. The Morgan fingerprint density at radius 2 is 2.04 bits per heavy atom. The fourth-order valence-corrected chi connectivity index (χ4v) is 2.01. The topological polar surface area (TPSA) is 135 Å². The van der Waals surface area contributed by atoms with Crippen LogP contribution in [-0.2, 0) is 14.3 Å². The number of carbonyl (C=O) groups excluding carboxylic acids is 3. The number of hydrazone groups is 1. The van der Waals surface area contributed by atoms with Crippen LogP contribution in [0.4, 0.5) is 18.9 Å². The molecule has 0 radical (unpaired) electrons. The number of benzene rings is 1. The molecule has 5 N–H and O–H groups in total. The van der Waals surface area contributed by atoms with Crippen LogP contribution in [0.1, 0.15) is 23.7 Å². The minimum absolute atomic E-state index is 0.0849. The summed E-state index contributed by atoms with van der Waals surface area (Å²) in [5, 5.41) is 9.78. The Morgan fingerprint density at radius 3 is 2.64 bits per heavy atom. The van der Waals surface area contributed by atoms with E-state index in [0.29, 0.717) is 5.69 Å². The van der Waals surface area contributed by atoms with Gasteiger partial charge in [-0.1, -0.05) is 6.07 Å². The minimum atomic E-state index is -4.85. The first-order valence-electron chi connectivity index (χ1n) is 8.05. The van der Waals surface area contributed by atoms with E-state index in [9.17, 15) is 27.6 Å². The van der Waals surface area contributed by atoms with Gasteiger partial charge < -0.3 is 26.5 Å². The third-order valence-electron chi connectivity index (χ3n) is 3.25. The van der Waals surface area contributed by atoms with Gasteiger partial charge in [-0.3, -0.25) is 14.4 Å². The van der Waals surface area contributed by atoms with Gasteiger partial charge in [0, 0.05) is 11.3 Å². The Bertz CT molecular complexity index is 724. The van der Waals surface area contributed by atoms with E-state index in [1.165, 1.54) is 25.4 Å². The third-order valence-corrected chi connectivity index (χ3v) is 3.25. The molecule has 28 heavy (non-hydrogen) atoms. The van der Waals surface area contributed by atoms with Gasteiger partial charge in [-0.25, -0.2) is 0 Å². The number of amides is 2. The average Bonchev–Trinajstić information content (AvgIpc) is 2.63. The Balaban J connectivity index is 2.64. The van der Waals surface area contributed by atoms with Crippen molar-refractivity contribution in [3.8, 4) is 0 Å². The zero-order valence-electron chi connectivity index (χ0n) is 14.9. The normalized spacial score (nSPS) is 12.3. The number of nitrogens with two attached hydrogens (primary N) is 1. The Labute approximate surface area is 158 Å². The summed E-state index contributed by atoms with van der Waals surface area (Å²) >= 11 is 0. The van der Waals surface area contributed by atoms with Crippen molar-refractivity contribution in [2.24, 2.45) is 10.9 Å². The van der Waals surface area contributed by atoms with Crippen LogP contribution in [0.2, 0.25) is 0 Å². The number of carbonyl (C=O) groups is 3. The van der Waals surface area contributed by atoms with Gasteiger partial charge in [-0.05, 0) is 25.1 Å². The van der Waals surface area contributed by atoms with E-state index in [2.05, 4.69) is 20.5 Å². The summed E-state index contributed by atoms with van der Waals surface area (Å²) < 4.78 is 43.3. The summed E-state index contributed by atoms with van der Waals surface area (Å²) in [7, 11) is 0. The molecule has 12 heteroatoms. The summed E-state index contributed by atoms with van der Waals surface area (Å²) in [6.07, 6.45) is -4.73. The minimum Gasteiger partial charge on any atom is -0.466 e. The van der Waals surface area contributed by atoms with E-state index in [0.717, 1.165) is 0 Å². The number of nitrogens with zero attached hydrogens (tertiary/aromatic N) is 1. The second-order valence-electron chi connectivity index (χ2n) is 5.36. The number of hydrogen-bond acceptors (Lipinski definition) is 6. The standard InChI is InChI=1S/C16H20F3N5O4/c1-2-28-14(26)7-12(16(17,18)19)24-13(25)8-21-15(27)10-4-3-5-11(6-10)22-9-23-20/h3-6,9,12H,2,7-8,20H2,1H3,(H,21,27)(H,22,23)(H,24,25). The first kappa shape index (κ1) is 22.7. The van der Waals surface area contributed by atoms with E-state index >= 15 is 0 Å². The van der Waals surface area contributed by atoms with Crippen LogP contribution in [-0.4, -0.2) is 49.5 Å². The van der Waals surface area contributed by atoms with Gasteiger partial charge in [0.25, 0.3) is 5.91 Å². The molecule has 1 aromatic rings. The van der Waals surface area contributed by atoms with Crippen LogP contribution in [0.25, 0.3) is 0 Å². The molecule has 0 bridgehead atoms. The predicted octanol–water partition coefficient (Wildman–Crippen LogP) is 0.731. The molecule has 1 unspecified atom stereocenters. The van der Waals surface area contributed by atoms with E-state index < -0.39 is 43.0 Å². The molecule has 0 fully saturated rings. The van der Waals surface area contributed by atoms with Crippen LogP contribution < -0.4 is 21.8 Å². The lowest BCUT2D eigenvalue weighted by Gasteiger charge is -2.21. The molecular weight excluding hydrogens is 383 g/mol. The van der Waals surface area contributed by atoms with Gasteiger partial charge in [0.15, 0.2) is 0 Å². The quantitative estimate of drug-likeness (QED) is 0.158. The Kier molecular flexibility index (Phi) is 8.72.